The molecular weight excluding hydrogens is 314 g/mol. The van der Waals surface area contributed by atoms with Crippen LogP contribution in [0.3, 0.4) is 0 Å². The molecule has 3 rings (SSSR count). The third-order valence-corrected chi connectivity index (χ3v) is 5.30. The molecule has 0 unspecified atom stereocenters. The molecular formula is C20H31N3O2. The van der Waals surface area contributed by atoms with Crippen molar-refractivity contribution >= 4 is 11.6 Å². The first-order valence-corrected chi connectivity index (χ1v) is 9.57. The molecule has 0 spiro atoms. The van der Waals surface area contributed by atoms with Crippen LogP contribution >= 0.6 is 0 Å². The number of piperidine rings is 1. The van der Waals surface area contributed by atoms with E-state index < -0.39 is 0 Å². The summed E-state index contributed by atoms with van der Waals surface area (Å²) in [6, 6.07) is 9.56. The van der Waals surface area contributed by atoms with E-state index in [1.54, 1.807) is 0 Å². The van der Waals surface area contributed by atoms with Gasteiger partial charge < -0.3 is 19.9 Å². The van der Waals surface area contributed by atoms with Crippen LogP contribution in [0.25, 0.3) is 0 Å². The number of morpholine rings is 1. The van der Waals surface area contributed by atoms with Gasteiger partial charge in [0.2, 0.25) is 5.91 Å². The van der Waals surface area contributed by atoms with Crippen LogP contribution in [-0.4, -0.2) is 67.2 Å². The fourth-order valence-corrected chi connectivity index (χ4v) is 3.61. The van der Waals surface area contributed by atoms with Gasteiger partial charge in [0.15, 0.2) is 0 Å². The topological polar surface area (TPSA) is 44.8 Å². The summed E-state index contributed by atoms with van der Waals surface area (Å²) in [4.78, 5) is 16.7. The Morgan fingerprint density at radius 3 is 2.36 bits per heavy atom. The highest BCUT2D eigenvalue weighted by Gasteiger charge is 2.21. The minimum absolute atomic E-state index is 0.199. The van der Waals surface area contributed by atoms with Gasteiger partial charge in [-0.25, -0.2) is 0 Å². The van der Waals surface area contributed by atoms with Crippen LogP contribution in [0, 0.1) is 0 Å². The van der Waals surface area contributed by atoms with Crippen molar-refractivity contribution in [1.82, 2.24) is 9.80 Å². The first-order chi connectivity index (χ1) is 12.1. The number of carbonyl (C=O) groups is 1. The average molecular weight is 345 g/mol. The fraction of sp³-hybridized carbons (Fsp3) is 0.650. The molecule has 2 aliphatic heterocycles. The predicted octanol–water partition coefficient (Wildman–Crippen LogP) is 2.37. The minimum atomic E-state index is 0.199. The predicted molar refractivity (Wildman–Crippen MR) is 101 cm³/mol. The van der Waals surface area contributed by atoms with E-state index in [0.29, 0.717) is 44.8 Å². The number of amides is 1. The summed E-state index contributed by atoms with van der Waals surface area (Å²) in [5, 5.41) is 3.65. The molecule has 0 aromatic heterocycles. The zero-order valence-electron chi connectivity index (χ0n) is 15.5. The molecule has 2 fully saturated rings. The highest BCUT2D eigenvalue weighted by atomic mass is 16.5. The van der Waals surface area contributed by atoms with Crippen molar-refractivity contribution in [3.8, 4) is 0 Å². The number of carbonyl (C=O) groups excluding carboxylic acids is 1. The molecule has 2 saturated heterocycles. The number of hydrogen-bond acceptors (Lipinski definition) is 4. The number of benzene rings is 1. The fourth-order valence-electron chi connectivity index (χ4n) is 3.61. The van der Waals surface area contributed by atoms with Crippen LogP contribution in [0.15, 0.2) is 24.3 Å². The summed E-state index contributed by atoms with van der Waals surface area (Å²) in [5.41, 5.74) is 2.24. The third-order valence-electron chi connectivity index (χ3n) is 5.30. The largest absolute Gasteiger partial charge is 0.382 e. The zero-order chi connectivity index (χ0) is 17.6. The van der Waals surface area contributed by atoms with Crippen molar-refractivity contribution in [2.24, 2.45) is 0 Å². The van der Waals surface area contributed by atoms with Gasteiger partial charge in [-0.05, 0) is 44.4 Å². The van der Waals surface area contributed by atoms with Gasteiger partial charge in [-0.2, -0.15) is 0 Å². The van der Waals surface area contributed by atoms with Gasteiger partial charge in [-0.1, -0.05) is 12.1 Å². The molecule has 0 saturated carbocycles. The molecule has 5 nitrogen and oxygen atoms in total. The van der Waals surface area contributed by atoms with Crippen molar-refractivity contribution in [3.63, 3.8) is 0 Å². The molecule has 5 heteroatoms. The summed E-state index contributed by atoms with van der Waals surface area (Å²) < 4.78 is 5.30. The van der Waals surface area contributed by atoms with Gasteiger partial charge in [0.1, 0.15) is 0 Å². The maximum Gasteiger partial charge on any atom is 0.227 e. The Hall–Kier alpha value is -1.59. The molecule has 0 bridgehead atoms. The smallest absolute Gasteiger partial charge is 0.227 e. The average Bonchev–Trinajstić information content (AvgIpc) is 2.64. The Labute approximate surface area is 151 Å². The van der Waals surface area contributed by atoms with Crippen molar-refractivity contribution in [2.45, 2.75) is 45.2 Å². The number of nitrogens with one attached hydrogen (secondary N) is 1. The van der Waals surface area contributed by atoms with Crippen LogP contribution < -0.4 is 5.32 Å². The summed E-state index contributed by atoms with van der Waals surface area (Å²) in [6.45, 7) is 9.62. The van der Waals surface area contributed by atoms with Crippen molar-refractivity contribution in [3.05, 3.63) is 29.8 Å². The zero-order valence-corrected chi connectivity index (χ0v) is 15.5. The number of hydrogen-bond donors (Lipinski definition) is 1. The molecule has 1 amide bonds. The summed E-state index contributed by atoms with van der Waals surface area (Å²) in [5.74, 6) is 0.199. The molecule has 2 heterocycles. The first-order valence-electron chi connectivity index (χ1n) is 9.57. The molecule has 2 aliphatic rings. The van der Waals surface area contributed by atoms with Crippen molar-refractivity contribution in [1.29, 1.82) is 0 Å². The number of nitrogens with zero attached hydrogens (tertiary/aromatic N) is 2. The highest BCUT2D eigenvalue weighted by molar-refractivity contribution is 5.79. The first kappa shape index (κ1) is 18.2. The number of anilines is 1. The van der Waals surface area contributed by atoms with E-state index in [-0.39, 0.29) is 5.91 Å². The Morgan fingerprint density at radius 1 is 1.12 bits per heavy atom. The molecule has 0 aliphatic carbocycles. The van der Waals surface area contributed by atoms with E-state index in [2.05, 4.69) is 48.3 Å². The van der Waals surface area contributed by atoms with Gasteiger partial charge in [0.05, 0.1) is 19.6 Å². The SMILES string of the molecule is CC(C)N1CCC(Nc2ccc(CC(=O)N3CCOCC3)cc2)CC1. The highest BCUT2D eigenvalue weighted by Crippen LogP contribution is 2.19. The maximum absolute atomic E-state index is 12.3. The standard InChI is InChI=1S/C20H31N3O2/c1-16(2)22-9-7-19(8-10-22)21-18-5-3-17(4-6-18)15-20(24)23-11-13-25-14-12-23/h3-6,16,19,21H,7-15H2,1-2H3. The van der Waals surface area contributed by atoms with E-state index in [1.807, 2.05) is 4.90 Å². The van der Waals surface area contributed by atoms with Gasteiger partial charge in [0, 0.05) is 44.0 Å². The Kier molecular flexibility index (Phi) is 6.32. The Balaban J connectivity index is 1.46. The number of likely N-dealkylation sites (tertiary alicyclic amines) is 1. The van der Waals surface area contributed by atoms with Gasteiger partial charge in [-0.15, -0.1) is 0 Å². The summed E-state index contributed by atoms with van der Waals surface area (Å²) in [7, 11) is 0. The second-order valence-electron chi connectivity index (χ2n) is 7.42. The molecule has 1 aromatic carbocycles. The molecule has 25 heavy (non-hydrogen) atoms. The second-order valence-corrected chi connectivity index (χ2v) is 7.42. The lowest BCUT2D eigenvalue weighted by molar-refractivity contribution is -0.134. The second kappa shape index (κ2) is 8.68. The van der Waals surface area contributed by atoms with Gasteiger partial charge >= 0.3 is 0 Å². The summed E-state index contributed by atoms with van der Waals surface area (Å²) in [6.07, 6.45) is 2.86. The van der Waals surface area contributed by atoms with E-state index in [0.717, 1.165) is 11.3 Å². The number of rotatable bonds is 5. The molecule has 1 aromatic rings. The lowest BCUT2D eigenvalue weighted by atomic mass is 10.0. The lowest BCUT2D eigenvalue weighted by Gasteiger charge is -2.35. The molecule has 1 N–H and O–H groups in total. The molecule has 0 atom stereocenters. The van der Waals surface area contributed by atoms with Gasteiger partial charge in [0.25, 0.3) is 0 Å². The van der Waals surface area contributed by atoms with E-state index in [1.165, 1.54) is 25.9 Å². The van der Waals surface area contributed by atoms with Crippen molar-refractivity contribution < 1.29 is 9.53 Å². The maximum atomic E-state index is 12.3. The Morgan fingerprint density at radius 2 is 1.76 bits per heavy atom. The van der Waals surface area contributed by atoms with E-state index >= 15 is 0 Å². The van der Waals surface area contributed by atoms with E-state index in [9.17, 15) is 4.79 Å². The Bertz CT molecular complexity index is 545. The van der Waals surface area contributed by atoms with Crippen LogP contribution in [0.5, 0.6) is 0 Å². The summed E-state index contributed by atoms with van der Waals surface area (Å²) >= 11 is 0. The van der Waals surface area contributed by atoms with Crippen LogP contribution in [0.2, 0.25) is 0 Å². The molecule has 138 valence electrons. The van der Waals surface area contributed by atoms with E-state index in [4.69, 9.17) is 4.74 Å². The number of ether oxygens (including phenoxy) is 1. The molecule has 0 radical (unpaired) electrons. The van der Waals surface area contributed by atoms with Crippen LogP contribution in [-0.2, 0) is 16.0 Å². The quantitative estimate of drug-likeness (QED) is 0.890. The normalized spacial score (nSPS) is 20.0. The minimum Gasteiger partial charge on any atom is -0.382 e. The lowest BCUT2D eigenvalue weighted by Crippen LogP contribution is -2.42. The van der Waals surface area contributed by atoms with Crippen molar-refractivity contribution in [2.75, 3.05) is 44.7 Å². The van der Waals surface area contributed by atoms with Crippen LogP contribution in [0.4, 0.5) is 5.69 Å². The monoisotopic (exact) mass is 345 g/mol. The third kappa shape index (κ3) is 5.19. The van der Waals surface area contributed by atoms with Gasteiger partial charge in [-0.3, -0.25) is 4.79 Å². The van der Waals surface area contributed by atoms with Crippen LogP contribution in [0.1, 0.15) is 32.3 Å².